The van der Waals surface area contributed by atoms with Crippen molar-refractivity contribution >= 4 is 11.9 Å². The van der Waals surface area contributed by atoms with E-state index >= 15 is 0 Å². The number of aryl methyl sites for hydroxylation is 1. The SMILES string of the molecule is Cn1nnnc1NC(=O)c1coc(C2CCC2)n1. The molecule has 0 radical (unpaired) electrons. The van der Waals surface area contributed by atoms with Gasteiger partial charge < -0.3 is 4.42 Å². The van der Waals surface area contributed by atoms with Crippen molar-refractivity contribution in [3.63, 3.8) is 0 Å². The highest BCUT2D eigenvalue weighted by Gasteiger charge is 2.25. The third-order valence-corrected chi connectivity index (χ3v) is 3.05. The Bertz CT molecular complexity index is 570. The number of tetrazole rings is 1. The fourth-order valence-corrected chi connectivity index (χ4v) is 1.74. The van der Waals surface area contributed by atoms with Gasteiger partial charge in [0, 0.05) is 13.0 Å². The van der Waals surface area contributed by atoms with E-state index in [1.807, 2.05) is 0 Å². The van der Waals surface area contributed by atoms with Crippen LogP contribution in [0.25, 0.3) is 0 Å². The molecule has 0 atom stereocenters. The molecule has 3 rings (SSSR count). The molecule has 0 bridgehead atoms. The third kappa shape index (κ3) is 1.85. The van der Waals surface area contributed by atoms with Crippen LogP contribution in [0.2, 0.25) is 0 Å². The number of hydrogen-bond donors (Lipinski definition) is 1. The van der Waals surface area contributed by atoms with E-state index in [1.54, 1.807) is 7.05 Å². The van der Waals surface area contributed by atoms with Gasteiger partial charge in [-0.2, -0.15) is 0 Å². The fourth-order valence-electron chi connectivity index (χ4n) is 1.74. The Labute approximate surface area is 102 Å². The summed E-state index contributed by atoms with van der Waals surface area (Å²) in [6.45, 7) is 0. The molecule has 8 heteroatoms. The zero-order chi connectivity index (χ0) is 12.5. The largest absolute Gasteiger partial charge is 0.448 e. The molecular weight excluding hydrogens is 236 g/mol. The van der Waals surface area contributed by atoms with E-state index in [0.29, 0.717) is 11.8 Å². The fraction of sp³-hybridized carbons (Fsp3) is 0.500. The zero-order valence-corrected chi connectivity index (χ0v) is 9.83. The summed E-state index contributed by atoms with van der Waals surface area (Å²) in [5.41, 5.74) is 0.250. The lowest BCUT2D eigenvalue weighted by molar-refractivity contribution is 0.102. The van der Waals surface area contributed by atoms with Gasteiger partial charge in [0.1, 0.15) is 6.26 Å². The predicted molar refractivity (Wildman–Crippen MR) is 59.8 cm³/mol. The number of amides is 1. The Hall–Kier alpha value is -2.25. The Morgan fingerprint density at radius 1 is 1.56 bits per heavy atom. The van der Waals surface area contributed by atoms with E-state index in [1.165, 1.54) is 17.4 Å². The summed E-state index contributed by atoms with van der Waals surface area (Å²) in [5, 5.41) is 13.3. The van der Waals surface area contributed by atoms with Crippen molar-refractivity contribution in [3.8, 4) is 0 Å². The second-order valence-corrected chi connectivity index (χ2v) is 4.28. The molecule has 1 N–H and O–H groups in total. The van der Waals surface area contributed by atoms with Crippen LogP contribution in [0.5, 0.6) is 0 Å². The first-order chi connectivity index (χ1) is 8.74. The number of oxazole rings is 1. The Balaban J connectivity index is 1.72. The number of carbonyl (C=O) groups is 1. The molecule has 94 valence electrons. The highest BCUT2D eigenvalue weighted by molar-refractivity contribution is 6.01. The number of aromatic nitrogens is 5. The second-order valence-electron chi connectivity index (χ2n) is 4.28. The van der Waals surface area contributed by atoms with E-state index in [9.17, 15) is 4.79 Å². The van der Waals surface area contributed by atoms with Gasteiger partial charge in [-0.05, 0) is 23.3 Å². The summed E-state index contributed by atoms with van der Waals surface area (Å²) < 4.78 is 6.67. The molecule has 1 saturated carbocycles. The summed E-state index contributed by atoms with van der Waals surface area (Å²) in [7, 11) is 1.64. The minimum absolute atomic E-state index is 0.250. The normalized spacial score (nSPS) is 15.4. The van der Waals surface area contributed by atoms with Gasteiger partial charge in [-0.15, -0.1) is 0 Å². The number of anilines is 1. The molecule has 1 fully saturated rings. The minimum atomic E-state index is -0.373. The van der Waals surface area contributed by atoms with Crippen LogP contribution in [0.15, 0.2) is 10.7 Å². The van der Waals surface area contributed by atoms with Crippen LogP contribution in [-0.2, 0) is 7.05 Å². The second kappa shape index (κ2) is 4.21. The number of rotatable bonds is 3. The average molecular weight is 248 g/mol. The van der Waals surface area contributed by atoms with Crippen LogP contribution in [-0.4, -0.2) is 31.1 Å². The highest BCUT2D eigenvalue weighted by Crippen LogP contribution is 2.35. The summed E-state index contributed by atoms with van der Waals surface area (Å²) in [4.78, 5) is 16.0. The van der Waals surface area contributed by atoms with E-state index < -0.39 is 0 Å². The molecule has 0 aromatic carbocycles. The Kier molecular flexibility index (Phi) is 2.54. The maximum absolute atomic E-state index is 11.9. The van der Waals surface area contributed by atoms with Crippen molar-refractivity contribution in [1.29, 1.82) is 0 Å². The molecular formula is C10H12N6O2. The maximum Gasteiger partial charge on any atom is 0.280 e. The molecule has 1 aliphatic rings. The third-order valence-electron chi connectivity index (χ3n) is 3.05. The van der Waals surface area contributed by atoms with E-state index in [4.69, 9.17) is 4.42 Å². The first kappa shape index (κ1) is 10.9. The lowest BCUT2D eigenvalue weighted by Crippen LogP contribution is -2.16. The molecule has 1 aliphatic carbocycles. The summed E-state index contributed by atoms with van der Waals surface area (Å²) >= 11 is 0. The molecule has 2 aromatic heterocycles. The van der Waals surface area contributed by atoms with Gasteiger partial charge in [0.05, 0.1) is 0 Å². The van der Waals surface area contributed by atoms with Crippen molar-refractivity contribution < 1.29 is 9.21 Å². The lowest BCUT2D eigenvalue weighted by Gasteiger charge is -2.21. The molecule has 18 heavy (non-hydrogen) atoms. The maximum atomic E-state index is 11.9. The molecule has 0 unspecified atom stereocenters. The van der Waals surface area contributed by atoms with Gasteiger partial charge in [0.2, 0.25) is 5.95 Å². The van der Waals surface area contributed by atoms with Crippen molar-refractivity contribution in [2.24, 2.45) is 7.05 Å². The lowest BCUT2D eigenvalue weighted by atomic mass is 9.85. The van der Waals surface area contributed by atoms with Gasteiger partial charge in [-0.1, -0.05) is 11.5 Å². The first-order valence-corrected chi connectivity index (χ1v) is 5.73. The van der Waals surface area contributed by atoms with Crippen LogP contribution >= 0.6 is 0 Å². The molecule has 0 spiro atoms. The van der Waals surface area contributed by atoms with Gasteiger partial charge in [0.15, 0.2) is 11.6 Å². The quantitative estimate of drug-likeness (QED) is 0.859. The molecule has 0 saturated heterocycles. The van der Waals surface area contributed by atoms with Crippen LogP contribution in [0.1, 0.15) is 41.6 Å². The minimum Gasteiger partial charge on any atom is -0.448 e. The van der Waals surface area contributed by atoms with Crippen LogP contribution in [0, 0.1) is 0 Å². The standard InChI is InChI=1S/C10H12N6O2/c1-16-10(13-14-15-16)12-8(17)7-5-18-9(11-7)6-3-2-4-6/h5-6H,2-4H2,1H3,(H,12,13,15,17). The van der Waals surface area contributed by atoms with Crippen LogP contribution in [0.3, 0.4) is 0 Å². The predicted octanol–water partition coefficient (Wildman–Crippen LogP) is 0.718. The highest BCUT2D eigenvalue weighted by atomic mass is 16.3. The molecule has 2 aromatic rings. The molecule has 1 amide bonds. The van der Waals surface area contributed by atoms with Crippen LogP contribution in [0.4, 0.5) is 5.95 Å². The first-order valence-electron chi connectivity index (χ1n) is 5.73. The van der Waals surface area contributed by atoms with Crippen molar-refractivity contribution in [1.82, 2.24) is 25.2 Å². The molecule has 8 nitrogen and oxygen atoms in total. The average Bonchev–Trinajstić information content (AvgIpc) is 2.87. The number of hydrogen-bond acceptors (Lipinski definition) is 6. The molecule has 2 heterocycles. The topological polar surface area (TPSA) is 98.7 Å². The number of nitrogens with zero attached hydrogens (tertiary/aromatic N) is 5. The number of nitrogens with one attached hydrogen (secondary N) is 1. The van der Waals surface area contributed by atoms with Gasteiger partial charge in [0.25, 0.3) is 5.91 Å². The van der Waals surface area contributed by atoms with Gasteiger partial charge >= 0.3 is 0 Å². The van der Waals surface area contributed by atoms with E-state index in [2.05, 4.69) is 25.8 Å². The van der Waals surface area contributed by atoms with Crippen molar-refractivity contribution in [2.75, 3.05) is 5.32 Å². The Morgan fingerprint density at radius 2 is 2.39 bits per heavy atom. The smallest absolute Gasteiger partial charge is 0.280 e. The zero-order valence-electron chi connectivity index (χ0n) is 9.83. The van der Waals surface area contributed by atoms with Gasteiger partial charge in [-0.25, -0.2) is 9.67 Å². The summed E-state index contributed by atoms with van der Waals surface area (Å²) in [6, 6.07) is 0. The van der Waals surface area contributed by atoms with Crippen molar-refractivity contribution in [2.45, 2.75) is 25.2 Å². The monoisotopic (exact) mass is 248 g/mol. The van der Waals surface area contributed by atoms with Crippen LogP contribution < -0.4 is 5.32 Å². The van der Waals surface area contributed by atoms with Crippen molar-refractivity contribution in [3.05, 3.63) is 17.8 Å². The van der Waals surface area contributed by atoms with E-state index in [0.717, 1.165) is 12.8 Å². The Morgan fingerprint density at radius 3 is 3.00 bits per heavy atom. The van der Waals surface area contributed by atoms with Gasteiger partial charge in [-0.3, -0.25) is 10.1 Å². The summed E-state index contributed by atoms with van der Waals surface area (Å²) in [5.74, 6) is 0.904. The number of carbonyl (C=O) groups excluding carboxylic acids is 1. The molecule has 0 aliphatic heterocycles. The summed E-state index contributed by atoms with van der Waals surface area (Å²) in [6.07, 6.45) is 4.72. The van der Waals surface area contributed by atoms with E-state index in [-0.39, 0.29) is 17.5 Å².